The fourth-order valence-electron chi connectivity index (χ4n) is 12.9. The first kappa shape index (κ1) is 35.7. The molecule has 0 spiro atoms. The van der Waals surface area contributed by atoms with Crippen LogP contribution < -0.4 is 0 Å². The van der Waals surface area contributed by atoms with Crippen LogP contribution in [0.4, 0.5) is 0 Å². The summed E-state index contributed by atoms with van der Waals surface area (Å²) in [7, 11) is 0. The molecule has 10 atom stereocenters. The Morgan fingerprint density at radius 1 is 0.900 bits per heavy atom. The minimum absolute atomic E-state index is 0.261. The van der Waals surface area contributed by atoms with Crippen LogP contribution in [0.15, 0.2) is 95.2 Å². The standard InChI is InChI=1S/C48H68N2/c1-8-34-22-36-12-13-37(29-47(7,28-34)43-17-19-50-31-43)46(36)35(9-2)23-40-24-41-25-42(14-15-45(41)44(40)10-3)48(11-4)26-32(5)20-39(21-33(6)27-48)38-16-18-49-30-38/h9-10,14-19,23,30-34,36-37,39,42,46,49-50H,8,11-13,20-22,24-29H2,1-7H3/b35-9+,40-23-,44-10+/t32-,33+,34-,36+,37-,39?,42+,46-,47?,48?/m1/s1. The van der Waals surface area contributed by atoms with Crippen molar-refractivity contribution in [2.24, 2.45) is 46.8 Å². The third kappa shape index (κ3) is 6.79. The molecule has 2 heterocycles. The second kappa shape index (κ2) is 14.7. The number of H-pyrrole nitrogens is 2. The fourth-order valence-corrected chi connectivity index (χ4v) is 12.9. The maximum absolute atomic E-state index is 3.40. The van der Waals surface area contributed by atoms with Gasteiger partial charge in [-0.15, -0.1) is 0 Å². The van der Waals surface area contributed by atoms with Crippen molar-refractivity contribution in [2.75, 3.05) is 0 Å². The second-order valence-corrected chi connectivity index (χ2v) is 18.4. The van der Waals surface area contributed by atoms with Gasteiger partial charge >= 0.3 is 0 Å². The van der Waals surface area contributed by atoms with Crippen LogP contribution in [0, 0.1) is 46.8 Å². The highest BCUT2D eigenvalue weighted by Crippen LogP contribution is 2.57. The van der Waals surface area contributed by atoms with Crippen molar-refractivity contribution >= 4 is 0 Å². The predicted octanol–water partition coefficient (Wildman–Crippen LogP) is 13.6. The normalized spacial score (nSPS) is 39.8. The van der Waals surface area contributed by atoms with E-state index in [1.165, 1.54) is 93.7 Å². The molecule has 0 radical (unpaired) electrons. The topological polar surface area (TPSA) is 31.6 Å². The largest absolute Gasteiger partial charge is 0.367 e. The van der Waals surface area contributed by atoms with Crippen LogP contribution in [0.1, 0.15) is 149 Å². The molecular formula is C48H68N2. The van der Waals surface area contributed by atoms with Crippen molar-refractivity contribution in [3.63, 3.8) is 0 Å². The van der Waals surface area contributed by atoms with E-state index >= 15 is 0 Å². The number of fused-ring (bicyclic) bond motifs is 2. The van der Waals surface area contributed by atoms with Crippen LogP contribution in [-0.4, -0.2) is 9.97 Å². The first-order valence-electron chi connectivity index (χ1n) is 20.9. The van der Waals surface area contributed by atoms with Gasteiger partial charge in [-0.1, -0.05) is 77.0 Å². The Morgan fingerprint density at radius 3 is 2.28 bits per heavy atom. The monoisotopic (exact) mass is 673 g/mol. The summed E-state index contributed by atoms with van der Waals surface area (Å²) < 4.78 is 0. The van der Waals surface area contributed by atoms with Gasteiger partial charge in [0, 0.05) is 24.8 Å². The van der Waals surface area contributed by atoms with Crippen LogP contribution in [0.5, 0.6) is 0 Å². The quantitative estimate of drug-likeness (QED) is 0.293. The molecule has 2 N–H and O–H groups in total. The summed E-state index contributed by atoms with van der Waals surface area (Å²) in [5.74, 6) is 5.94. The molecule has 3 unspecified atom stereocenters. The highest BCUT2D eigenvalue weighted by Gasteiger charge is 2.46. The van der Waals surface area contributed by atoms with E-state index in [0.29, 0.717) is 23.2 Å². The zero-order valence-electron chi connectivity index (χ0n) is 32.7. The van der Waals surface area contributed by atoms with E-state index in [9.17, 15) is 0 Å². The van der Waals surface area contributed by atoms with Gasteiger partial charge in [0.1, 0.15) is 0 Å². The average Bonchev–Trinajstić information content (AvgIpc) is 3.92. The minimum atomic E-state index is 0.261. The van der Waals surface area contributed by atoms with Crippen LogP contribution >= 0.6 is 0 Å². The lowest BCUT2D eigenvalue weighted by Gasteiger charge is -2.46. The summed E-state index contributed by atoms with van der Waals surface area (Å²) in [4.78, 5) is 6.74. The molecule has 2 bridgehead atoms. The first-order valence-corrected chi connectivity index (χ1v) is 20.9. The third-order valence-electron chi connectivity index (χ3n) is 15.1. The number of hydrogen-bond donors (Lipinski definition) is 2. The van der Waals surface area contributed by atoms with Crippen molar-refractivity contribution in [3.8, 4) is 0 Å². The zero-order chi connectivity index (χ0) is 35.0. The van der Waals surface area contributed by atoms with E-state index in [0.717, 1.165) is 36.0 Å². The highest BCUT2D eigenvalue weighted by molar-refractivity contribution is 5.63. The number of allylic oxidation sites excluding steroid dienone is 10. The molecule has 2 heteroatoms. The Bertz CT molecular complexity index is 1590. The Labute approximate surface area is 305 Å². The smallest absolute Gasteiger partial charge is 0.00429 e. The summed E-state index contributed by atoms with van der Waals surface area (Å²) in [6.07, 6.45) is 38.9. The highest BCUT2D eigenvalue weighted by atomic mass is 14.6. The second-order valence-electron chi connectivity index (χ2n) is 18.4. The number of aromatic amines is 2. The lowest BCUT2D eigenvalue weighted by Crippen LogP contribution is -2.36. The molecule has 3 saturated carbocycles. The zero-order valence-corrected chi connectivity index (χ0v) is 32.7. The van der Waals surface area contributed by atoms with Gasteiger partial charge < -0.3 is 9.97 Å². The molecule has 2 aromatic heterocycles. The number of hydrogen-bond acceptors (Lipinski definition) is 0. The van der Waals surface area contributed by atoms with Gasteiger partial charge in [0.15, 0.2) is 0 Å². The molecule has 0 amide bonds. The SMILES string of the molecule is C\C=C(/C=C1/CC2=C(C=C[C@H](C3(CC)C[C@H](C)CC(c4cc[nH]c4)C[C@H](C)C3)C2)/C1=C/C)[C@H]1[C@@H]2CC[C@H]1C[C@@H](CC)CC(C)(c1cc[nH]c1)C2. The third-order valence-corrected chi connectivity index (χ3v) is 15.1. The molecular weight excluding hydrogens is 605 g/mol. The Morgan fingerprint density at radius 2 is 1.64 bits per heavy atom. The van der Waals surface area contributed by atoms with E-state index in [2.05, 4.69) is 126 Å². The van der Waals surface area contributed by atoms with Crippen molar-refractivity contribution in [1.29, 1.82) is 0 Å². The molecule has 7 rings (SSSR count). The summed E-state index contributed by atoms with van der Waals surface area (Å²) in [6, 6.07) is 4.69. The molecule has 50 heavy (non-hydrogen) atoms. The van der Waals surface area contributed by atoms with Crippen molar-refractivity contribution in [1.82, 2.24) is 9.97 Å². The van der Waals surface area contributed by atoms with Crippen molar-refractivity contribution < 1.29 is 0 Å². The molecule has 0 aromatic carbocycles. The summed E-state index contributed by atoms with van der Waals surface area (Å²) in [5.41, 5.74) is 11.8. The number of aromatic nitrogens is 2. The van der Waals surface area contributed by atoms with Gasteiger partial charge in [0.05, 0.1) is 0 Å². The van der Waals surface area contributed by atoms with E-state index in [-0.39, 0.29) is 5.41 Å². The molecule has 2 nitrogen and oxygen atoms in total. The molecule has 0 saturated heterocycles. The molecule has 2 aromatic rings. The minimum Gasteiger partial charge on any atom is -0.367 e. The van der Waals surface area contributed by atoms with Gasteiger partial charge in [0.2, 0.25) is 0 Å². The lowest BCUT2D eigenvalue weighted by atomic mass is 9.58. The predicted molar refractivity (Wildman–Crippen MR) is 213 cm³/mol. The summed E-state index contributed by atoms with van der Waals surface area (Å²) in [5, 5.41) is 0. The lowest BCUT2D eigenvalue weighted by molar-refractivity contribution is 0.0794. The van der Waals surface area contributed by atoms with Crippen LogP contribution in [-0.2, 0) is 5.41 Å². The molecule has 270 valence electrons. The van der Waals surface area contributed by atoms with E-state index in [4.69, 9.17) is 0 Å². The van der Waals surface area contributed by atoms with Gasteiger partial charge in [-0.3, -0.25) is 0 Å². The van der Waals surface area contributed by atoms with Gasteiger partial charge in [-0.05, 0) is 195 Å². The maximum atomic E-state index is 3.40. The average molecular weight is 673 g/mol. The van der Waals surface area contributed by atoms with Gasteiger partial charge in [-0.2, -0.15) is 0 Å². The molecule has 5 aliphatic carbocycles. The number of rotatable bonds is 7. The van der Waals surface area contributed by atoms with E-state index < -0.39 is 0 Å². The van der Waals surface area contributed by atoms with Gasteiger partial charge in [-0.25, -0.2) is 0 Å². The summed E-state index contributed by atoms with van der Waals surface area (Å²) in [6.45, 7) is 17.3. The summed E-state index contributed by atoms with van der Waals surface area (Å²) >= 11 is 0. The van der Waals surface area contributed by atoms with Crippen molar-refractivity contribution in [2.45, 2.75) is 143 Å². The first-order chi connectivity index (χ1) is 24.2. The number of nitrogens with one attached hydrogen (secondary N) is 2. The molecule has 0 aliphatic heterocycles. The van der Waals surface area contributed by atoms with Crippen LogP contribution in [0.25, 0.3) is 0 Å². The van der Waals surface area contributed by atoms with E-state index in [1.807, 2.05) is 0 Å². The molecule has 3 fully saturated rings. The fraction of sp³-hybridized carbons (Fsp3) is 0.625. The Balaban J connectivity index is 1.11. The maximum Gasteiger partial charge on any atom is 0.00429 e. The van der Waals surface area contributed by atoms with E-state index in [1.54, 1.807) is 22.3 Å². The molecule has 5 aliphatic rings. The van der Waals surface area contributed by atoms with Gasteiger partial charge in [0.25, 0.3) is 0 Å². The Hall–Kier alpha value is -2.74. The van der Waals surface area contributed by atoms with Crippen molar-refractivity contribution in [3.05, 3.63) is 106 Å². The van der Waals surface area contributed by atoms with Crippen LogP contribution in [0.2, 0.25) is 0 Å². The Kier molecular flexibility index (Phi) is 10.5. The van der Waals surface area contributed by atoms with Crippen LogP contribution in [0.3, 0.4) is 0 Å².